The number of piperidine rings is 1. The molecule has 0 spiro atoms. The Morgan fingerprint density at radius 1 is 1.24 bits per heavy atom. The Morgan fingerprint density at radius 3 is 2.74 bits per heavy atom. The Bertz CT molecular complexity index is 1480. The number of aliphatic hydroxyl groups is 1. The number of ether oxygens (including phenoxy) is 2. The molecule has 1 atom stereocenters. The van der Waals surface area contributed by atoms with Crippen molar-refractivity contribution in [3.8, 4) is 23.1 Å². The molecule has 0 aromatic carbocycles. The molecule has 38 heavy (non-hydrogen) atoms. The molecule has 0 aliphatic carbocycles. The molecule has 0 saturated carbocycles. The van der Waals surface area contributed by atoms with Gasteiger partial charge in [0.25, 0.3) is 0 Å². The third-order valence-electron chi connectivity index (χ3n) is 7.37. The van der Waals surface area contributed by atoms with Gasteiger partial charge in [0.15, 0.2) is 0 Å². The fourth-order valence-corrected chi connectivity index (χ4v) is 5.13. The van der Waals surface area contributed by atoms with E-state index in [0.717, 1.165) is 56.6 Å². The lowest BCUT2D eigenvalue weighted by atomic mass is 10.0. The highest BCUT2D eigenvalue weighted by Gasteiger charge is 2.31. The summed E-state index contributed by atoms with van der Waals surface area (Å²) in [6, 6.07) is 7.35. The van der Waals surface area contributed by atoms with Gasteiger partial charge in [-0.3, -0.25) is 9.88 Å². The summed E-state index contributed by atoms with van der Waals surface area (Å²) in [5, 5.41) is 33.4. The van der Waals surface area contributed by atoms with Crippen molar-refractivity contribution in [3.05, 3.63) is 59.6 Å². The summed E-state index contributed by atoms with van der Waals surface area (Å²) in [7, 11) is 0. The van der Waals surface area contributed by atoms with Crippen LogP contribution in [0.5, 0.6) is 5.75 Å². The zero-order valence-electron chi connectivity index (χ0n) is 20.9. The van der Waals surface area contributed by atoms with Crippen molar-refractivity contribution in [2.24, 2.45) is 0 Å². The van der Waals surface area contributed by atoms with Crippen molar-refractivity contribution in [1.82, 2.24) is 34.5 Å². The van der Waals surface area contributed by atoms with Crippen LogP contribution in [0.25, 0.3) is 16.8 Å². The van der Waals surface area contributed by atoms with E-state index in [0.29, 0.717) is 28.6 Å². The van der Waals surface area contributed by atoms with Crippen LogP contribution in [0, 0.1) is 24.1 Å². The van der Waals surface area contributed by atoms with E-state index in [9.17, 15) is 14.8 Å². The summed E-state index contributed by atoms with van der Waals surface area (Å²) >= 11 is 0. The van der Waals surface area contributed by atoms with Crippen LogP contribution in [-0.4, -0.2) is 78.6 Å². The Hall–Kier alpha value is -3.92. The van der Waals surface area contributed by atoms with Crippen LogP contribution in [0.2, 0.25) is 0 Å². The van der Waals surface area contributed by atoms with Crippen LogP contribution >= 0.6 is 0 Å². The van der Waals surface area contributed by atoms with Crippen LogP contribution in [0.1, 0.15) is 41.9 Å². The van der Waals surface area contributed by atoms with Gasteiger partial charge >= 0.3 is 0 Å². The van der Waals surface area contributed by atoms with E-state index in [2.05, 4.69) is 31.4 Å². The molecule has 4 aromatic rings. The molecule has 2 aliphatic heterocycles. The van der Waals surface area contributed by atoms with Crippen LogP contribution in [-0.2, 0) is 4.74 Å². The minimum absolute atomic E-state index is 0.149. The highest BCUT2D eigenvalue weighted by molar-refractivity contribution is 5.74. The summed E-state index contributed by atoms with van der Waals surface area (Å²) in [6.45, 7) is 5.51. The third kappa shape index (κ3) is 4.49. The fourth-order valence-electron chi connectivity index (χ4n) is 5.13. The molecule has 0 unspecified atom stereocenters. The summed E-state index contributed by atoms with van der Waals surface area (Å²) in [5.41, 5.74) is 3.45. The lowest BCUT2D eigenvalue weighted by Gasteiger charge is -2.41. The Morgan fingerprint density at radius 2 is 2.05 bits per heavy atom. The molecule has 0 radical (unpaired) electrons. The van der Waals surface area contributed by atoms with Crippen molar-refractivity contribution >= 4 is 5.52 Å². The second kappa shape index (κ2) is 10.1. The second-order valence-corrected chi connectivity index (χ2v) is 9.71. The maximum atomic E-state index is 13.2. The molecule has 2 aliphatic rings. The molecule has 11 nitrogen and oxygen atoms in total. The number of fused-ring (bicyclic) bond motifs is 1. The van der Waals surface area contributed by atoms with Gasteiger partial charge in [0.05, 0.1) is 49.1 Å². The van der Waals surface area contributed by atoms with Crippen LogP contribution in [0.3, 0.4) is 0 Å². The molecule has 1 N–H and O–H groups in total. The van der Waals surface area contributed by atoms with E-state index < -0.39 is 11.9 Å². The number of pyridine rings is 2. The molecule has 6 rings (SSSR count). The van der Waals surface area contributed by atoms with Crippen molar-refractivity contribution < 1.29 is 19.0 Å². The minimum atomic E-state index is -1.09. The molecule has 0 bridgehead atoms. The first-order chi connectivity index (χ1) is 18.5. The van der Waals surface area contributed by atoms with Gasteiger partial charge in [-0.2, -0.15) is 10.4 Å². The number of nitrogens with zero attached hydrogens (tertiary/aromatic N) is 8. The second-order valence-electron chi connectivity index (χ2n) is 9.71. The van der Waals surface area contributed by atoms with Crippen LogP contribution in [0.4, 0.5) is 4.39 Å². The quantitative estimate of drug-likeness (QED) is 0.392. The smallest absolute Gasteiger partial charge is 0.147 e. The Balaban J connectivity index is 1.26. The first kappa shape index (κ1) is 24.4. The maximum absolute atomic E-state index is 13.2. The molecule has 0 amide bonds. The Labute approximate surface area is 218 Å². The van der Waals surface area contributed by atoms with Crippen molar-refractivity contribution in [1.29, 1.82) is 5.26 Å². The molecule has 4 aromatic heterocycles. The first-order valence-corrected chi connectivity index (χ1v) is 12.6. The highest BCUT2D eigenvalue weighted by Crippen LogP contribution is 2.33. The standard InChI is InChI=1S/C26H27FN8O3/c1-16-25(31-32-35(16)20-4-6-33(7-5-20)21-13-37-14-21)17-8-24(26-18(9-28)10-30-34(26)12-17)38-15-23(36)22-3-2-19(27)11-29-22/h2-3,8,10-12,20-21,23,36H,4-7,13-15H2,1H3/t23-/m0/s1. The van der Waals surface area contributed by atoms with Gasteiger partial charge < -0.3 is 14.6 Å². The minimum Gasteiger partial charge on any atom is -0.488 e. The van der Waals surface area contributed by atoms with Gasteiger partial charge in [0.1, 0.15) is 47.1 Å². The topological polar surface area (TPSA) is 127 Å². The number of likely N-dealkylation sites (tertiary alicyclic amines) is 1. The highest BCUT2D eigenvalue weighted by atomic mass is 19.1. The summed E-state index contributed by atoms with van der Waals surface area (Å²) in [4.78, 5) is 6.41. The number of nitriles is 1. The van der Waals surface area contributed by atoms with Crippen molar-refractivity contribution in [3.63, 3.8) is 0 Å². The van der Waals surface area contributed by atoms with E-state index in [1.165, 1.54) is 18.3 Å². The SMILES string of the molecule is Cc1c(-c2cc(OC[C@H](O)c3ccc(F)cn3)c3c(C#N)cnn3c2)nnn1C1CCN(C2COC2)CC1. The van der Waals surface area contributed by atoms with Crippen LogP contribution in [0.15, 0.2) is 36.8 Å². The molecule has 6 heterocycles. The number of aliphatic hydroxyl groups excluding tert-OH is 1. The third-order valence-corrected chi connectivity index (χ3v) is 7.37. The zero-order valence-corrected chi connectivity index (χ0v) is 20.9. The van der Waals surface area contributed by atoms with Gasteiger partial charge in [0, 0.05) is 24.8 Å². The largest absolute Gasteiger partial charge is 0.488 e. The van der Waals surface area contributed by atoms with E-state index in [1.807, 2.05) is 11.6 Å². The van der Waals surface area contributed by atoms with Crippen molar-refractivity contribution in [2.45, 2.75) is 38.0 Å². The number of hydrogen-bond acceptors (Lipinski definition) is 9. The maximum Gasteiger partial charge on any atom is 0.147 e. The number of hydrogen-bond donors (Lipinski definition) is 1. The van der Waals surface area contributed by atoms with E-state index in [1.54, 1.807) is 16.8 Å². The lowest BCUT2D eigenvalue weighted by molar-refractivity contribution is -0.0735. The van der Waals surface area contributed by atoms with Crippen LogP contribution < -0.4 is 4.74 Å². The van der Waals surface area contributed by atoms with E-state index in [4.69, 9.17) is 9.47 Å². The van der Waals surface area contributed by atoms with Crippen molar-refractivity contribution in [2.75, 3.05) is 32.9 Å². The lowest BCUT2D eigenvalue weighted by Crippen LogP contribution is -2.52. The average Bonchev–Trinajstić information content (AvgIpc) is 3.50. The first-order valence-electron chi connectivity index (χ1n) is 12.6. The zero-order chi connectivity index (χ0) is 26.2. The van der Waals surface area contributed by atoms with E-state index >= 15 is 0 Å². The molecule has 12 heteroatoms. The monoisotopic (exact) mass is 518 g/mol. The summed E-state index contributed by atoms with van der Waals surface area (Å²) in [6.07, 6.45) is 5.20. The fraction of sp³-hybridized carbons (Fsp3) is 0.423. The molecule has 2 fully saturated rings. The molecular weight excluding hydrogens is 491 g/mol. The molecule has 2 saturated heterocycles. The van der Waals surface area contributed by atoms with Gasteiger partial charge in [0.2, 0.25) is 0 Å². The molecular formula is C26H27FN8O3. The van der Waals surface area contributed by atoms with E-state index in [-0.39, 0.29) is 18.3 Å². The predicted octanol–water partition coefficient (Wildman–Crippen LogP) is 2.46. The van der Waals surface area contributed by atoms with Gasteiger partial charge in [-0.05, 0) is 38.0 Å². The predicted molar refractivity (Wildman–Crippen MR) is 133 cm³/mol. The van der Waals surface area contributed by atoms with Gasteiger partial charge in [-0.1, -0.05) is 5.21 Å². The Kier molecular flexibility index (Phi) is 6.49. The molecule has 196 valence electrons. The van der Waals surface area contributed by atoms with Gasteiger partial charge in [-0.25, -0.2) is 13.6 Å². The normalized spacial score (nSPS) is 17.8. The summed E-state index contributed by atoms with van der Waals surface area (Å²) in [5.74, 6) is -0.126. The number of halogens is 1. The van der Waals surface area contributed by atoms with Gasteiger partial charge in [-0.15, -0.1) is 5.10 Å². The number of aromatic nitrogens is 6. The summed E-state index contributed by atoms with van der Waals surface area (Å²) < 4.78 is 28.1. The number of rotatable bonds is 7. The average molecular weight is 519 g/mol.